The molecule has 2 nitrogen and oxygen atoms in total. The van der Waals surface area contributed by atoms with Crippen LogP contribution in [0.25, 0.3) is 4.96 Å². The van der Waals surface area contributed by atoms with Gasteiger partial charge < -0.3 is 0 Å². The Bertz CT molecular complexity index is 449. The number of thiazole rings is 1. The molecule has 74 valence electrons. The molecule has 0 N–H and O–H groups in total. The minimum Gasteiger partial charge on any atom is -0.295 e. The van der Waals surface area contributed by atoms with Crippen LogP contribution in [0.5, 0.6) is 0 Å². The minimum absolute atomic E-state index is 0.738. The standard InChI is InChI=1S/C11H14N2S/c1-8-10(9-4-2-3-5-9)12-11-13(8)6-7-14-11/h6-7,9H,2-5H2,1H3. The maximum absolute atomic E-state index is 4.74. The van der Waals surface area contributed by atoms with Gasteiger partial charge in [-0.3, -0.25) is 4.40 Å². The van der Waals surface area contributed by atoms with Gasteiger partial charge >= 0.3 is 0 Å². The highest BCUT2D eigenvalue weighted by Gasteiger charge is 2.22. The number of rotatable bonds is 1. The lowest BCUT2D eigenvalue weighted by atomic mass is 10.0. The highest BCUT2D eigenvalue weighted by atomic mass is 32.1. The third-order valence-electron chi connectivity index (χ3n) is 3.28. The van der Waals surface area contributed by atoms with E-state index in [1.807, 2.05) is 0 Å². The first kappa shape index (κ1) is 8.48. The lowest BCUT2D eigenvalue weighted by molar-refractivity contribution is 0.696. The highest BCUT2D eigenvalue weighted by Crippen LogP contribution is 2.35. The van der Waals surface area contributed by atoms with Crippen LogP contribution in [0.2, 0.25) is 0 Å². The van der Waals surface area contributed by atoms with Crippen LogP contribution in [0, 0.1) is 6.92 Å². The van der Waals surface area contributed by atoms with Gasteiger partial charge in [0, 0.05) is 23.2 Å². The van der Waals surface area contributed by atoms with E-state index < -0.39 is 0 Å². The van der Waals surface area contributed by atoms with Crippen LogP contribution in [0.1, 0.15) is 43.0 Å². The first-order valence-corrected chi connectivity index (χ1v) is 6.16. The molecule has 1 aliphatic rings. The molecule has 1 saturated carbocycles. The zero-order valence-electron chi connectivity index (χ0n) is 8.36. The Morgan fingerprint density at radius 1 is 1.43 bits per heavy atom. The summed E-state index contributed by atoms with van der Waals surface area (Å²) in [5, 5.41) is 2.10. The quantitative estimate of drug-likeness (QED) is 0.699. The molecule has 1 aliphatic carbocycles. The average Bonchev–Trinajstić information content (AvgIpc) is 2.84. The Hall–Kier alpha value is -0.830. The monoisotopic (exact) mass is 206 g/mol. The molecule has 0 unspecified atom stereocenters. The summed E-state index contributed by atoms with van der Waals surface area (Å²) in [5.74, 6) is 0.738. The van der Waals surface area contributed by atoms with Crippen molar-refractivity contribution in [1.29, 1.82) is 0 Å². The SMILES string of the molecule is Cc1c(C2CCCC2)nc2sccn12. The van der Waals surface area contributed by atoms with E-state index in [-0.39, 0.29) is 0 Å². The Morgan fingerprint density at radius 2 is 2.21 bits per heavy atom. The molecule has 0 saturated heterocycles. The molecule has 1 fully saturated rings. The summed E-state index contributed by atoms with van der Waals surface area (Å²) >= 11 is 1.73. The summed E-state index contributed by atoms with van der Waals surface area (Å²) < 4.78 is 2.22. The second kappa shape index (κ2) is 3.09. The van der Waals surface area contributed by atoms with Crippen molar-refractivity contribution >= 4 is 16.3 Å². The van der Waals surface area contributed by atoms with Crippen molar-refractivity contribution in [3.63, 3.8) is 0 Å². The molecule has 2 aromatic heterocycles. The molecule has 0 aromatic carbocycles. The van der Waals surface area contributed by atoms with Gasteiger partial charge in [0.15, 0.2) is 4.96 Å². The number of aryl methyl sites for hydroxylation is 1. The lowest BCUT2D eigenvalue weighted by Gasteiger charge is -2.05. The molecule has 0 atom stereocenters. The van der Waals surface area contributed by atoms with E-state index in [0.717, 1.165) is 10.9 Å². The number of imidazole rings is 1. The third-order valence-corrected chi connectivity index (χ3v) is 4.04. The van der Waals surface area contributed by atoms with Crippen LogP contribution in [0.15, 0.2) is 11.6 Å². The van der Waals surface area contributed by atoms with Crippen LogP contribution in [0.4, 0.5) is 0 Å². The van der Waals surface area contributed by atoms with Crippen molar-refractivity contribution in [2.24, 2.45) is 0 Å². The van der Waals surface area contributed by atoms with Gasteiger partial charge in [0.1, 0.15) is 0 Å². The minimum atomic E-state index is 0.738. The highest BCUT2D eigenvalue weighted by molar-refractivity contribution is 7.15. The summed E-state index contributed by atoms with van der Waals surface area (Å²) in [6, 6.07) is 0. The van der Waals surface area contributed by atoms with E-state index in [0.29, 0.717) is 0 Å². The molecule has 0 amide bonds. The largest absolute Gasteiger partial charge is 0.295 e. The Kier molecular flexibility index (Phi) is 1.87. The molecular weight excluding hydrogens is 192 g/mol. The van der Waals surface area contributed by atoms with Gasteiger partial charge in [0.05, 0.1) is 5.69 Å². The van der Waals surface area contributed by atoms with E-state index in [2.05, 4.69) is 22.9 Å². The van der Waals surface area contributed by atoms with E-state index >= 15 is 0 Å². The predicted molar refractivity (Wildman–Crippen MR) is 59.0 cm³/mol. The van der Waals surface area contributed by atoms with Gasteiger partial charge in [0.2, 0.25) is 0 Å². The Labute approximate surface area is 87.6 Å². The first-order valence-electron chi connectivity index (χ1n) is 5.28. The zero-order chi connectivity index (χ0) is 9.54. The van der Waals surface area contributed by atoms with Gasteiger partial charge in [-0.05, 0) is 19.8 Å². The lowest BCUT2D eigenvalue weighted by Crippen LogP contribution is -1.95. The van der Waals surface area contributed by atoms with Crippen LogP contribution in [-0.4, -0.2) is 9.38 Å². The van der Waals surface area contributed by atoms with E-state index in [9.17, 15) is 0 Å². The molecule has 0 radical (unpaired) electrons. The summed E-state index contributed by atoms with van der Waals surface area (Å²) in [5.41, 5.74) is 2.71. The average molecular weight is 206 g/mol. The second-order valence-corrected chi connectivity index (χ2v) is 4.99. The van der Waals surface area contributed by atoms with Gasteiger partial charge in [-0.1, -0.05) is 12.8 Å². The number of fused-ring (bicyclic) bond motifs is 1. The van der Waals surface area contributed by atoms with Gasteiger partial charge in [-0.25, -0.2) is 4.98 Å². The van der Waals surface area contributed by atoms with Crippen molar-refractivity contribution in [2.75, 3.05) is 0 Å². The van der Waals surface area contributed by atoms with E-state index in [1.54, 1.807) is 11.3 Å². The fraction of sp³-hybridized carbons (Fsp3) is 0.545. The molecule has 0 spiro atoms. The summed E-state index contributed by atoms with van der Waals surface area (Å²) in [6.45, 7) is 2.19. The molecule has 0 bridgehead atoms. The maximum Gasteiger partial charge on any atom is 0.194 e. The maximum atomic E-state index is 4.74. The zero-order valence-corrected chi connectivity index (χ0v) is 9.18. The molecule has 0 aliphatic heterocycles. The predicted octanol–water partition coefficient (Wildman–Crippen LogP) is 3.36. The van der Waals surface area contributed by atoms with Gasteiger partial charge in [-0.2, -0.15) is 0 Å². The third kappa shape index (κ3) is 1.12. The van der Waals surface area contributed by atoms with E-state index in [1.165, 1.54) is 37.1 Å². The molecule has 3 heteroatoms. The first-order chi connectivity index (χ1) is 6.86. The summed E-state index contributed by atoms with van der Waals surface area (Å²) in [4.78, 5) is 5.89. The van der Waals surface area contributed by atoms with Crippen molar-refractivity contribution < 1.29 is 0 Å². The number of hydrogen-bond acceptors (Lipinski definition) is 2. The Morgan fingerprint density at radius 3 is 2.93 bits per heavy atom. The molecule has 2 heterocycles. The fourth-order valence-corrected chi connectivity index (χ4v) is 3.27. The van der Waals surface area contributed by atoms with Crippen LogP contribution in [-0.2, 0) is 0 Å². The summed E-state index contributed by atoms with van der Waals surface area (Å²) in [7, 11) is 0. The van der Waals surface area contributed by atoms with Crippen LogP contribution < -0.4 is 0 Å². The topological polar surface area (TPSA) is 17.3 Å². The van der Waals surface area contributed by atoms with Crippen LogP contribution in [0.3, 0.4) is 0 Å². The van der Waals surface area contributed by atoms with Crippen molar-refractivity contribution in [1.82, 2.24) is 9.38 Å². The van der Waals surface area contributed by atoms with Crippen molar-refractivity contribution in [2.45, 2.75) is 38.5 Å². The van der Waals surface area contributed by atoms with Gasteiger partial charge in [0.25, 0.3) is 0 Å². The molecule has 3 rings (SSSR count). The normalized spacial score (nSPS) is 18.4. The molecular formula is C11H14N2S. The number of aromatic nitrogens is 2. The smallest absolute Gasteiger partial charge is 0.194 e. The van der Waals surface area contributed by atoms with E-state index in [4.69, 9.17) is 4.98 Å². The Balaban J connectivity index is 2.11. The van der Waals surface area contributed by atoms with Gasteiger partial charge in [-0.15, -0.1) is 11.3 Å². The number of nitrogens with zero attached hydrogens (tertiary/aromatic N) is 2. The molecule has 14 heavy (non-hydrogen) atoms. The molecule has 2 aromatic rings. The second-order valence-electron chi connectivity index (χ2n) is 4.12. The van der Waals surface area contributed by atoms with Crippen molar-refractivity contribution in [3.05, 3.63) is 23.0 Å². The number of hydrogen-bond donors (Lipinski definition) is 0. The summed E-state index contributed by atoms with van der Waals surface area (Å²) in [6.07, 6.45) is 7.57. The fourth-order valence-electron chi connectivity index (χ4n) is 2.50. The van der Waals surface area contributed by atoms with Crippen LogP contribution >= 0.6 is 11.3 Å². The van der Waals surface area contributed by atoms with Crippen molar-refractivity contribution in [3.8, 4) is 0 Å².